The van der Waals surface area contributed by atoms with Gasteiger partial charge < -0.3 is 0 Å². The highest BCUT2D eigenvalue weighted by Crippen LogP contribution is 2.40. The molecule has 0 bridgehead atoms. The maximum Gasteiger partial charge on any atom is 0.146 e. The van der Waals surface area contributed by atoms with Crippen LogP contribution in [0.3, 0.4) is 0 Å². The SMILES string of the molecule is CCCCCCCCc1ccc(C#C[Si](C(C)C)(C(C)C)C(C)C)c(Br)c1. The molecule has 152 valence electrons. The third-order valence-electron chi connectivity index (χ3n) is 6.13. The Bertz CT molecular complexity index is 597. The normalized spacial score (nSPS) is 12.0. The highest BCUT2D eigenvalue weighted by atomic mass is 79.9. The monoisotopic (exact) mass is 448 g/mol. The highest BCUT2D eigenvalue weighted by Gasteiger charge is 2.41. The molecule has 1 rings (SSSR count). The zero-order valence-corrected chi connectivity index (χ0v) is 21.4. The van der Waals surface area contributed by atoms with Crippen molar-refractivity contribution in [1.82, 2.24) is 0 Å². The zero-order chi connectivity index (χ0) is 20.4. The number of benzene rings is 1. The van der Waals surface area contributed by atoms with E-state index in [1.807, 2.05) is 0 Å². The van der Waals surface area contributed by atoms with Gasteiger partial charge in [-0.25, -0.2) is 0 Å². The van der Waals surface area contributed by atoms with Gasteiger partial charge in [0.15, 0.2) is 0 Å². The number of aryl methyl sites for hydroxylation is 1. The van der Waals surface area contributed by atoms with E-state index in [9.17, 15) is 0 Å². The molecule has 0 aromatic heterocycles. The van der Waals surface area contributed by atoms with E-state index in [2.05, 4.69) is 94.1 Å². The van der Waals surface area contributed by atoms with Crippen molar-refractivity contribution < 1.29 is 0 Å². The lowest BCUT2D eigenvalue weighted by atomic mass is 10.0. The molecule has 0 atom stereocenters. The number of unbranched alkanes of at least 4 members (excludes halogenated alkanes) is 5. The molecule has 27 heavy (non-hydrogen) atoms. The van der Waals surface area contributed by atoms with Crippen molar-refractivity contribution in [2.24, 2.45) is 0 Å². The third-order valence-corrected chi connectivity index (χ3v) is 13.1. The summed E-state index contributed by atoms with van der Waals surface area (Å²) in [6.45, 7) is 16.5. The van der Waals surface area contributed by atoms with E-state index in [-0.39, 0.29) is 0 Å². The molecular weight excluding hydrogens is 408 g/mol. The predicted octanol–water partition coefficient (Wildman–Crippen LogP) is 8.92. The van der Waals surface area contributed by atoms with Crippen molar-refractivity contribution in [1.29, 1.82) is 0 Å². The summed E-state index contributed by atoms with van der Waals surface area (Å²) in [5, 5.41) is 0. The Morgan fingerprint density at radius 1 is 0.852 bits per heavy atom. The summed E-state index contributed by atoms with van der Waals surface area (Å²) in [6.07, 6.45) is 9.31. The molecule has 0 nitrogen and oxygen atoms in total. The van der Waals surface area contributed by atoms with Crippen molar-refractivity contribution in [2.45, 2.75) is 110 Å². The Hall–Kier alpha value is -0.523. The molecule has 0 amide bonds. The molecule has 0 saturated heterocycles. The minimum atomic E-state index is -1.67. The summed E-state index contributed by atoms with van der Waals surface area (Å²) in [7, 11) is -1.67. The molecule has 0 aliphatic rings. The second-order valence-corrected chi connectivity index (χ2v) is 15.4. The summed E-state index contributed by atoms with van der Waals surface area (Å²) in [5.74, 6) is 3.58. The number of hydrogen-bond donors (Lipinski definition) is 0. The third kappa shape index (κ3) is 7.10. The fourth-order valence-electron chi connectivity index (χ4n) is 4.53. The largest absolute Gasteiger partial charge is 0.146 e. The molecule has 0 fully saturated rings. The van der Waals surface area contributed by atoms with E-state index in [1.54, 1.807) is 0 Å². The standard InChI is InChI=1S/C25H41BrSi/c1-8-9-10-11-12-13-14-23-15-16-24(25(26)19-23)17-18-27(20(2)3,21(4)5)22(6)7/h15-16,19-22H,8-14H2,1-7H3. The van der Waals surface area contributed by atoms with Crippen molar-refractivity contribution in [3.63, 3.8) is 0 Å². The Labute approximate surface area is 179 Å². The van der Waals surface area contributed by atoms with Gasteiger partial charge in [-0.05, 0) is 63.1 Å². The van der Waals surface area contributed by atoms with Crippen LogP contribution >= 0.6 is 15.9 Å². The van der Waals surface area contributed by atoms with Crippen LogP contribution in [0.15, 0.2) is 22.7 Å². The summed E-state index contributed by atoms with van der Waals surface area (Å²) >= 11 is 3.78. The van der Waals surface area contributed by atoms with Crippen molar-refractivity contribution in [3.8, 4) is 11.5 Å². The molecule has 0 aliphatic heterocycles. The summed E-state index contributed by atoms with van der Waals surface area (Å²) in [5.41, 5.74) is 8.46. The minimum Gasteiger partial charge on any atom is -0.125 e. The van der Waals surface area contributed by atoms with E-state index in [4.69, 9.17) is 0 Å². The fourth-order valence-corrected chi connectivity index (χ4v) is 10.3. The average Bonchev–Trinajstić information content (AvgIpc) is 2.59. The lowest BCUT2D eigenvalue weighted by molar-refractivity contribution is 0.607. The van der Waals surface area contributed by atoms with Crippen LogP contribution in [-0.2, 0) is 6.42 Å². The molecule has 0 aliphatic carbocycles. The van der Waals surface area contributed by atoms with Gasteiger partial charge in [0.2, 0.25) is 0 Å². The van der Waals surface area contributed by atoms with Gasteiger partial charge in [0.25, 0.3) is 0 Å². The van der Waals surface area contributed by atoms with E-state index in [0.29, 0.717) is 16.6 Å². The number of rotatable bonds is 10. The summed E-state index contributed by atoms with van der Waals surface area (Å²) in [6, 6.07) is 6.80. The maximum atomic E-state index is 3.84. The van der Waals surface area contributed by atoms with Gasteiger partial charge in [0, 0.05) is 10.0 Å². The first-order valence-electron chi connectivity index (χ1n) is 11.1. The Morgan fingerprint density at radius 2 is 1.41 bits per heavy atom. The summed E-state index contributed by atoms with van der Waals surface area (Å²) < 4.78 is 1.16. The molecule has 1 aromatic rings. The molecule has 0 radical (unpaired) electrons. The molecule has 0 saturated carbocycles. The Balaban J connectivity index is 2.84. The second kappa shape index (κ2) is 12.1. The summed E-state index contributed by atoms with van der Waals surface area (Å²) in [4.78, 5) is 0. The number of hydrogen-bond acceptors (Lipinski definition) is 0. The van der Waals surface area contributed by atoms with Crippen LogP contribution in [0, 0.1) is 11.5 Å². The van der Waals surface area contributed by atoms with Crippen molar-refractivity contribution in [2.75, 3.05) is 0 Å². The van der Waals surface area contributed by atoms with Crippen molar-refractivity contribution >= 4 is 24.0 Å². The smallest absolute Gasteiger partial charge is 0.125 e. The zero-order valence-electron chi connectivity index (χ0n) is 18.8. The maximum absolute atomic E-state index is 3.84. The van der Waals surface area contributed by atoms with E-state index < -0.39 is 8.07 Å². The van der Waals surface area contributed by atoms with Crippen molar-refractivity contribution in [3.05, 3.63) is 33.8 Å². The van der Waals surface area contributed by atoms with E-state index in [1.165, 1.54) is 50.5 Å². The molecule has 0 unspecified atom stereocenters. The first kappa shape index (κ1) is 24.5. The van der Waals surface area contributed by atoms with Gasteiger partial charge in [0.1, 0.15) is 8.07 Å². The van der Waals surface area contributed by atoms with Crippen LogP contribution in [0.5, 0.6) is 0 Å². The van der Waals surface area contributed by atoms with E-state index in [0.717, 1.165) is 10.0 Å². The van der Waals surface area contributed by atoms with Crippen LogP contribution in [0.1, 0.15) is 98.1 Å². The Kier molecular flexibility index (Phi) is 11.0. The van der Waals surface area contributed by atoms with Gasteiger partial charge in [-0.2, -0.15) is 0 Å². The van der Waals surface area contributed by atoms with Gasteiger partial charge in [0.05, 0.1) is 0 Å². The predicted molar refractivity (Wildman–Crippen MR) is 129 cm³/mol. The lowest BCUT2D eigenvalue weighted by Crippen LogP contribution is -2.43. The topological polar surface area (TPSA) is 0 Å². The molecule has 0 spiro atoms. The minimum absolute atomic E-state index is 0.677. The highest BCUT2D eigenvalue weighted by molar-refractivity contribution is 9.10. The molecular formula is C25H41BrSi. The van der Waals surface area contributed by atoms with Gasteiger partial charge >= 0.3 is 0 Å². The average molecular weight is 450 g/mol. The van der Waals surface area contributed by atoms with Crippen LogP contribution in [0.4, 0.5) is 0 Å². The lowest BCUT2D eigenvalue weighted by Gasteiger charge is -2.38. The second-order valence-electron chi connectivity index (χ2n) is 8.98. The molecule has 1 aromatic carbocycles. The molecule has 0 heterocycles. The Morgan fingerprint density at radius 3 is 1.93 bits per heavy atom. The first-order chi connectivity index (χ1) is 12.8. The van der Waals surface area contributed by atoms with Gasteiger partial charge in [-0.1, -0.05) is 92.6 Å². The van der Waals surface area contributed by atoms with Gasteiger partial charge in [-0.15, -0.1) is 5.54 Å². The quantitative estimate of drug-likeness (QED) is 0.190. The number of halogens is 1. The van der Waals surface area contributed by atoms with E-state index >= 15 is 0 Å². The molecule has 0 N–H and O–H groups in total. The first-order valence-corrected chi connectivity index (χ1v) is 14.1. The van der Waals surface area contributed by atoms with Crippen LogP contribution < -0.4 is 0 Å². The van der Waals surface area contributed by atoms with Crippen LogP contribution in [0.25, 0.3) is 0 Å². The van der Waals surface area contributed by atoms with Gasteiger partial charge in [-0.3, -0.25) is 0 Å². The van der Waals surface area contributed by atoms with Crippen LogP contribution in [-0.4, -0.2) is 8.07 Å². The fraction of sp³-hybridized carbons (Fsp3) is 0.680. The van der Waals surface area contributed by atoms with Crippen LogP contribution in [0.2, 0.25) is 16.6 Å². The molecule has 2 heteroatoms.